The molecular weight excluding hydrogens is 232 g/mol. The maximum atomic E-state index is 4.00. The van der Waals surface area contributed by atoms with Gasteiger partial charge < -0.3 is 5.32 Å². The molecule has 0 unspecified atom stereocenters. The average Bonchev–Trinajstić information content (AvgIpc) is 2.23. The predicted molar refractivity (Wildman–Crippen MR) is 76.5 cm³/mol. The molecule has 0 aliphatic rings. The molecule has 0 aliphatic carbocycles. The van der Waals surface area contributed by atoms with Gasteiger partial charge in [0.1, 0.15) is 0 Å². The maximum Gasteiger partial charge on any atom is 0.0271 e. The average molecular weight is 257 g/mol. The van der Waals surface area contributed by atoms with Crippen molar-refractivity contribution in [1.82, 2.24) is 10.3 Å². The molecule has 0 bridgehead atoms. The number of nitrogens with zero attached hydrogens (tertiary/aromatic N) is 1. The van der Waals surface area contributed by atoms with Crippen LogP contribution >= 0.6 is 12.4 Å². The Balaban J connectivity index is 0.00000256. The van der Waals surface area contributed by atoms with E-state index >= 15 is 0 Å². The van der Waals surface area contributed by atoms with Gasteiger partial charge in [0.2, 0.25) is 0 Å². The molecule has 1 aromatic heterocycles. The lowest BCUT2D eigenvalue weighted by Gasteiger charge is -2.17. The zero-order chi connectivity index (χ0) is 11.9. The van der Waals surface area contributed by atoms with Crippen molar-refractivity contribution in [1.29, 1.82) is 0 Å². The Morgan fingerprint density at radius 3 is 2.35 bits per heavy atom. The third-order valence-electron chi connectivity index (χ3n) is 2.61. The van der Waals surface area contributed by atoms with E-state index in [0.717, 1.165) is 13.1 Å². The van der Waals surface area contributed by atoms with Crippen molar-refractivity contribution in [2.75, 3.05) is 6.54 Å². The summed E-state index contributed by atoms with van der Waals surface area (Å²) in [6.07, 6.45) is 7.58. The lowest BCUT2D eigenvalue weighted by atomic mass is 9.90. The Morgan fingerprint density at radius 2 is 1.76 bits per heavy atom. The number of hydrogen-bond acceptors (Lipinski definition) is 2. The molecule has 0 fully saturated rings. The van der Waals surface area contributed by atoms with Crippen LogP contribution in [0.25, 0.3) is 0 Å². The van der Waals surface area contributed by atoms with Crippen LogP contribution in [0, 0.1) is 5.41 Å². The molecule has 0 aliphatic heterocycles. The minimum Gasteiger partial charge on any atom is -0.313 e. The van der Waals surface area contributed by atoms with Gasteiger partial charge in [-0.3, -0.25) is 4.98 Å². The van der Waals surface area contributed by atoms with Crippen LogP contribution in [0.2, 0.25) is 0 Å². The van der Waals surface area contributed by atoms with E-state index in [0.29, 0.717) is 5.41 Å². The quantitative estimate of drug-likeness (QED) is 0.783. The molecule has 98 valence electrons. The molecule has 0 radical (unpaired) electrons. The number of unbranched alkanes of at least 4 members (excludes halogenated alkanes) is 1. The van der Waals surface area contributed by atoms with E-state index in [1.807, 2.05) is 12.4 Å². The zero-order valence-corrected chi connectivity index (χ0v) is 12.0. The first kappa shape index (κ1) is 16.4. The highest BCUT2D eigenvalue weighted by molar-refractivity contribution is 5.85. The Kier molecular flexibility index (Phi) is 8.19. The summed E-state index contributed by atoms with van der Waals surface area (Å²) in [7, 11) is 0. The number of aromatic nitrogens is 1. The van der Waals surface area contributed by atoms with Crippen LogP contribution in [0.4, 0.5) is 0 Å². The highest BCUT2D eigenvalue weighted by atomic mass is 35.5. The third kappa shape index (κ3) is 9.13. The predicted octanol–water partition coefficient (Wildman–Crippen LogP) is 3.81. The zero-order valence-electron chi connectivity index (χ0n) is 11.2. The summed E-state index contributed by atoms with van der Waals surface area (Å²) in [4.78, 5) is 4.00. The number of rotatable bonds is 6. The molecular formula is C14H25ClN2. The molecule has 1 heterocycles. The monoisotopic (exact) mass is 256 g/mol. The molecule has 0 saturated carbocycles. The van der Waals surface area contributed by atoms with Crippen LogP contribution in [-0.4, -0.2) is 11.5 Å². The van der Waals surface area contributed by atoms with Crippen molar-refractivity contribution in [2.45, 2.75) is 46.6 Å². The minimum atomic E-state index is 0. The second-order valence-corrected chi connectivity index (χ2v) is 5.55. The lowest BCUT2D eigenvalue weighted by molar-refractivity contribution is 0.358. The highest BCUT2D eigenvalue weighted by Crippen LogP contribution is 2.21. The molecule has 0 atom stereocenters. The smallest absolute Gasteiger partial charge is 0.0271 e. The SMILES string of the molecule is CC(C)(C)CCCCNCc1ccncc1.Cl. The fourth-order valence-corrected chi connectivity index (χ4v) is 1.64. The van der Waals surface area contributed by atoms with E-state index < -0.39 is 0 Å². The molecule has 1 rings (SSSR count). The molecule has 1 N–H and O–H groups in total. The van der Waals surface area contributed by atoms with Crippen molar-refractivity contribution >= 4 is 12.4 Å². The Morgan fingerprint density at radius 1 is 1.12 bits per heavy atom. The molecule has 17 heavy (non-hydrogen) atoms. The minimum absolute atomic E-state index is 0. The lowest BCUT2D eigenvalue weighted by Crippen LogP contribution is -2.15. The van der Waals surface area contributed by atoms with Crippen molar-refractivity contribution in [3.8, 4) is 0 Å². The summed E-state index contributed by atoms with van der Waals surface area (Å²) in [5.74, 6) is 0. The van der Waals surface area contributed by atoms with Gasteiger partial charge in [-0.2, -0.15) is 0 Å². The van der Waals surface area contributed by atoms with Gasteiger partial charge in [-0.1, -0.05) is 27.2 Å². The van der Waals surface area contributed by atoms with Gasteiger partial charge in [0.15, 0.2) is 0 Å². The third-order valence-corrected chi connectivity index (χ3v) is 2.61. The van der Waals surface area contributed by atoms with Gasteiger partial charge in [0.05, 0.1) is 0 Å². The van der Waals surface area contributed by atoms with Gasteiger partial charge in [0.25, 0.3) is 0 Å². The molecule has 0 amide bonds. The Bertz CT molecular complexity index is 280. The van der Waals surface area contributed by atoms with Crippen molar-refractivity contribution in [3.63, 3.8) is 0 Å². The van der Waals surface area contributed by atoms with Crippen LogP contribution in [-0.2, 0) is 6.54 Å². The summed E-state index contributed by atoms with van der Waals surface area (Å²) < 4.78 is 0. The van der Waals surface area contributed by atoms with Crippen LogP contribution in [0.15, 0.2) is 24.5 Å². The van der Waals surface area contributed by atoms with Gasteiger partial charge in [-0.05, 0) is 42.5 Å². The summed E-state index contributed by atoms with van der Waals surface area (Å²) in [5.41, 5.74) is 1.79. The standard InChI is InChI=1S/C14H24N2.ClH/c1-14(2,3)8-4-5-9-16-12-13-6-10-15-11-7-13;/h6-7,10-11,16H,4-5,8-9,12H2,1-3H3;1H. The van der Waals surface area contributed by atoms with E-state index in [1.165, 1.54) is 24.8 Å². The fourth-order valence-electron chi connectivity index (χ4n) is 1.64. The van der Waals surface area contributed by atoms with E-state index in [9.17, 15) is 0 Å². The van der Waals surface area contributed by atoms with E-state index in [2.05, 4.69) is 43.2 Å². The summed E-state index contributed by atoms with van der Waals surface area (Å²) in [6, 6.07) is 4.12. The Hall–Kier alpha value is -0.600. The van der Waals surface area contributed by atoms with Gasteiger partial charge in [-0.15, -0.1) is 12.4 Å². The number of hydrogen-bond donors (Lipinski definition) is 1. The van der Waals surface area contributed by atoms with E-state index in [1.54, 1.807) is 0 Å². The summed E-state index contributed by atoms with van der Waals surface area (Å²) >= 11 is 0. The van der Waals surface area contributed by atoms with Crippen LogP contribution in [0.5, 0.6) is 0 Å². The van der Waals surface area contributed by atoms with Crippen LogP contribution in [0.3, 0.4) is 0 Å². The van der Waals surface area contributed by atoms with Gasteiger partial charge in [0, 0.05) is 18.9 Å². The van der Waals surface area contributed by atoms with Crippen LogP contribution < -0.4 is 5.32 Å². The first-order valence-corrected chi connectivity index (χ1v) is 6.17. The molecule has 0 saturated heterocycles. The van der Waals surface area contributed by atoms with Crippen molar-refractivity contribution in [3.05, 3.63) is 30.1 Å². The van der Waals surface area contributed by atoms with Crippen molar-refractivity contribution in [2.24, 2.45) is 5.41 Å². The van der Waals surface area contributed by atoms with Crippen LogP contribution in [0.1, 0.15) is 45.6 Å². The van der Waals surface area contributed by atoms with Crippen molar-refractivity contribution < 1.29 is 0 Å². The molecule has 0 aromatic carbocycles. The van der Waals surface area contributed by atoms with E-state index in [4.69, 9.17) is 0 Å². The van der Waals surface area contributed by atoms with E-state index in [-0.39, 0.29) is 12.4 Å². The normalized spacial score (nSPS) is 11.0. The molecule has 1 aromatic rings. The fraction of sp³-hybridized carbons (Fsp3) is 0.643. The first-order valence-electron chi connectivity index (χ1n) is 6.17. The van der Waals surface area contributed by atoms with Gasteiger partial charge in [-0.25, -0.2) is 0 Å². The second-order valence-electron chi connectivity index (χ2n) is 5.55. The summed E-state index contributed by atoms with van der Waals surface area (Å²) in [6.45, 7) is 8.97. The molecule has 3 heteroatoms. The number of pyridine rings is 1. The first-order chi connectivity index (χ1) is 7.58. The highest BCUT2D eigenvalue weighted by Gasteiger charge is 2.08. The number of halogens is 1. The summed E-state index contributed by atoms with van der Waals surface area (Å²) in [5, 5.41) is 3.46. The topological polar surface area (TPSA) is 24.9 Å². The molecule has 0 spiro atoms. The second kappa shape index (κ2) is 8.48. The largest absolute Gasteiger partial charge is 0.313 e. The maximum absolute atomic E-state index is 4.00. The number of nitrogens with one attached hydrogen (secondary N) is 1. The Labute approximate surface area is 112 Å². The molecule has 2 nitrogen and oxygen atoms in total. The van der Waals surface area contributed by atoms with Gasteiger partial charge >= 0.3 is 0 Å².